The summed E-state index contributed by atoms with van der Waals surface area (Å²) in [6, 6.07) is 5.81. The molecule has 0 radical (unpaired) electrons. The molecular weight excluding hydrogens is 564 g/mol. The van der Waals surface area contributed by atoms with Crippen LogP contribution in [0.4, 0.5) is 10.0 Å². The fourth-order valence-corrected chi connectivity index (χ4v) is 5.91. The van der Waals surface area contributed by atoms with Crippen LogP contribution in [0.5, 0.6) is 0 Å². The highest BCUT2D eigenvalue weighted by molar-refractivity contribution is 7.19. The zero-order valence-corrected chi connectivity index (χ0v) is 23.8. The number of esters is 4. The van der Waals surface area contributed by atoms with Gasteiger partial charge in [-0.05, 0) is 37.1 Å². The van der Waals surface area contributed by atoms with E-state index in [0.717, 1.165) is 36.9 Å². The molecule has 0 saturated carbocycles. The van der Waals surface area contributed by atoms with Crippen LogP contribution in [0, 0.1) is 13.8 Å². The summed E-state index contributed by atoms with van der Waals surface area (Å²) in [5.74, 6) is -4.50. The molecule has 2 aromatic heterocycles. The van der Waals surface area contributed by atoms with E-state index in [4.69, 9.17) is 18.9 Å². The first-order chi connectivity index (χ1) is 19.0. The number of anilines is 2. The molecule has 0 aliphatic carbocycles. The molecule has 0 unspecified atom stereocenters. The van der Waals surface area contributed by atoms with Gasteiger partial charge >= 0.3 is 23.9 Å². The second-order valence-electron chi connectivity index (χ2n) is 7.94. The Morgan fingerprint density at radius 1 is 0.575 bits per heavy atom. The maximum absolute atomic E-state index is 13.3. The van der Waals surface area contributed by atoms with Gasteiger partial charge in [-0.15, -0.1) is 22.7 Å². The molecule has 0 bridgehead atoms. The van der Waals surface area contributed by atoms with Crippen molar-refractivity contribution in [2.75, 3.05) is 39.1 Å². The first kappa shape index (κ1) is 30.0. The van der Waals surface area contributed by atoms with Crippen LogP contribution in [0.25, 0.3) is 0 Å². The van der Waals surface area contributed by atoms with Crippen LogP contribution >= 0.6 is 22.7 Å². The Morgan fingerprint density at radius 2 is 0.900 bits per heavy atom. The first-order valence-corrected chi connectivity index (χ1v) is 13.0. The van der Waals surface area contributed by atoms with Gasteiger partial charge in [0.05, 0.1) is 50.7 Å². The summed E-state index contributed by atoms with van der Waals surface area (Å²) in [6.45, 7) is 3.02. The lowest BCUT2D eigenvalue weighted by atomic mass is 10.1. The molecule has 2 amide bonds. The van der Waals surface area contributed by atoms with E-state index < -0.39 is 35.7 Å². The van der Waals surface area contributed by atoms with Gasteiger partial charge in [0.1, 0.15) is 19.8 Å². The monoisotopic (exact) mass is 588 g/mol. The molecule has 40 heavy (non-hydrogen) atoms. The normalized spacial score (nSPS) is 10.3. The van der Waals surface area contributed by atoms with E-state index in [1.54, 1.807) is 0 Å². The van der Waals surface area contributed by atoms with Gasteiger partial charge in [0, 0.05) is 0 Å². The van der Waals surface area contributed by atoms with Gasteiger partial charge in [-0.1, -0.05) is 12.1 Å². The Hall–Kier alpha value is -4.56. The molecule has 0 fully saturated rings. The van der Waals surface area contributed by atoms with E-state index in [-0.39, 0.29) is 53.1 Å². The van der Waals surface area contributed by atoms with Crippen molar-refractivity contribution in [3.05, 3.63) is 67.4 Å². The number of amides is 2. The number of nitrogens with one attached hydrogen (secondary N) is 2. The van der Waals surface area contributed by atoms with Crippen molar-refractivity contribution >= 4 is 68.4 Å². The summed E-state index contributed by atoms with van der Waals surface area (Å²) in [7, 11) is 4.68. The van der Waals surface area contributed by atoms with Crippen LogP contribution in [-0.4, -0.2) is 64.1 Å². The molecule has 0 atom stereocenters. The van der Waals surface area contributed by atoms with Crippen molar-refractivity contribution in [1.29, 1.82) is 0 Å². The van der Waals surface area contributed by atoms with Crippen LogP contribution < -0.4 is 10.6 Å². The third-order valence-corrected chi connectivity index (χ3v) is 8.06. The average Bonchev–Trinajstić information content (AvgIpc) is 3.46. The van der Waals surface area contributed by atoms with Crippen LogP contribution in [0.1, 0.15) is 71.9 Å². The molecule has 0 saturated heterocycles. The molecule has 2 N–H and O–H groups in total. The van der Waals surface area contributed by atoms with Crippen molar-refractivity contribution in [3.63, 3.8) is 0 Å². The zero-order valence-electron chi connectivity index (χ0n) is 22.2. The predicted molar refractivity (Wildman–Crippen MR) is 146 cm³/mol. The minimum Gasteiger partial charge on any atom is -0.465 e. The number of thiophene rings is 2. The van der Waals surface area contributed by atoms with Crippen molar-refractivity contribution in [1.82, 2.24) is 0 Å². The van der Waals surface area contributed by atoms with Crippen LogP contribution in [0.2, 0.25) is 0 Å². The van der Waals surface area contributed by atoms with E-state index >= 15 is 0 Å². The topological polar surface area (TPSA) is 163 Å². The van der Waals surface area contributed by atoms with Gasteiger partial charge in [0.25, 0.3) is 11.8 Å². The number of rotatable bonds is 8. The van der Waals surface area contributed by atoms with E-state index in [9.17, 15) is 28.8 Å². The van der Waals surface area contributed by atoms with E-state index in [1.165, 1.54) is 52.3 Å². The molecule has 3 aromatic rings. The molecule has 14 heteroatoms. The van der Waals surface area contributed by atoms with E-state index in [1.807, 2.05) is 0 Å². The summed E-state index contributed by atoms with van der Waals surface area (Å²) in [5.41, 5.74) is 0.292. The third kappa shape index (κ3) is 5.72. The van der Waals surface area contributed by atoms with Gasteiger partial charge in [-0.3, -0.25) is 9.59 Å². The second-order valence-corrected chi connectivity index (χ2v) is 9.98. The molecule has 12 nitrogen and oxygen atoms in total. The Bertz CT molecular complexity index is 1420. The Labute approximate surface area is 236 Å². The lowest BCUT2D eigenvalue weighted by molar-refractivity contribution is 0.0585. The number of carbonyl (C=O) groups is 6. The van der Waals surface area contributed by atoms with Crippen LogP contribution in [0.15, 0.2) is 24.3 Å². The maximum Gasteiger partial charge on any atom is 0.348 e. The number of carbonyl (C=O) groups excluding carboxylic acids is 6. The lowest BCUT2D eigenvalue weighted by Gasteiger charge is -2.11. The molecule has 210 valence electrons. The molecule has 0 aliphatic rings. The van der Waals surface area contributed by atoms with Crippen molar-refractivity contribution in [2.45, 2.75) is 13.8 Å². The molecule has 1 aromatic carbocycles. The Kier molecular flexibility index (Phi) is 9.39. The van der Waals surface area contributed by atoms with E-state index in [0.29, 0.717) is 0 Å². The standard InChI is InChI=1S/C26H24N2O10S2/c1-11-15(23(31)35-3)21(39-17(11)25(33)37-5)27-19(29)13-9-7-8-10-14(13)20(30)28-22-16(24(32)36-4)12(2)18(40-22)26(34)38-6/h7-10H,1-6H3,(H,27,29)(H,28,30). The smallest absolute Gasteiger partial charge is 0.348 e. The summed E-state index contributed by atoms with van der Waals surface area (Å²) in [4.78, 5) is 76.1. The Balaban J connectivity index is 2.00. The number of hydrogen-bond donors (Lipinski definition) is 2. The molecule has 0 aliphatic heterocycles. The quantitative estimate of drug-likeness (QED) is 0.289. The fourth-order valence-electron chi connectivity index (χ4n) is 3.69. The van der Waals surface area contributed by atoms with E-state index in [2.05, 4.69) is 10.6 Å². The molecule has 2 heterocycles. The van der Waals surface area contributed by atoms with Gasteiger partial charge in [0.15, 0.2) is 0 Å². The number of ether oxygens (including phenoxy) is 4. The lowest BCUT2D eigenvalue weighted by Crippen LogP contribution is -2.21. The van der Waals surface area contributed by atoms with Crippen molar-refractivity contribution in [2.24, 2.45) is 0 Å². The molecule has 3 rings (SSSR count). The van der Waals surface area contributed by atoms with Gasteiger partial charge in [0.2, 0.25) is 0 Å². The van der Waals surface area contributed by atoms with Crippen LogP contribution in [-0.2, 0) is 18.9 Å². The summed E-state index contributed by atoms with van der Waals surface area (Å²) < 4.78 is 19.1. The first-order valence-electron chi connectivity index (χ1n) is 11.3. The zero-order chi connectivity index (χ0) is 29.7. The van der Waals surface area contributed by atoms with Gasteiger partial charge < -0.3 is 29.6 Å². The molecule has 0 spiro atoms. The van der Waals surface area contributed by atoms with Crippen molar-refractivity contribution < 1.29 is 47.7 Å². The van der Waals surface area contributed by atoms with Gasteiger partial charge in [-0.2, -0.15) is 0 Å². The van der Waals surface area contributed by atoms with Crippen LogP contribution in [0.3, 0.4) is 0 Å². The number of methoxy groups -OCH3 is 4. The SMILES string of the molecule is COC(=O)c1sc(NC(=O)c2ccccc2C(=O)Nc2sc(C(=O)OC)c(C)c2C(=O)OC)c(C(=O)OC)c1C. The highest BCUT2D eigenvalue weighted by Gasteiger charge is 2.30. The maximum atomic E-state index is 13.3. The second kappa shape index (κ2) is 12.5. The largest absolute Gasteiger partial charge is 0.465 e. The number of hydrogen-bond acceptors (Lipinski definition) is 12. The Morgan fingerprint density at radius 3 is 1.20 bits per heavy atom. The number of benzene rings is 1. The van der Waals surface area contributed by atoms with Crippen molar-refractivity contribution in [3.8, 4) is 0 Å². The minimum atomic E-state index is -0.782. The highest BCUT2D eigenvalue weighted by Crippen LogP contribution is 2.36. The fraction of sp³-hybridized carbons (Fsp3) is 0.231. The average molecular weight is 589 g/mol. The highest BCUT2D eigenvalue weighted by atomic mass is 32.1. The summed E-state index contributed by atoms with van der Waals surface area (Å²) >= 11 is 1.64. The summed E-state index contributed by atoms with van der Waals surface area (Å²) in [6.07, 6.45) is 0. The summed E-state index contributed by atoms with van der Waals surface area (Å²) in [5, 5.41) is 5.19. The minimum absolute atomic E-state index is 0.0227. The predicted octanol–water partition coefficient (Wildman–Crippen LogP) is 4.08. The third-order valence-electron chi connectivity index (χ3n) is 5.68. The van der Waals surface area contributed by atoms with Gasteiger partial charge in [-0.25, -0.2) is 19.2 Å². The molecular formula is C26H24N2O10S2.